The summed E-state index contributed by atoms with van der Waals surface area (Å²) in [4.78, 5) is 23.0. The van der Waals surface area contributed by atoms with Crippen LogP contribution in [0.3, 0.4) is 0 Å². The molecule has 78 valence electrons. The van der Waals surface area contributed by atoms with Crippen molar-refractivity contribution >= 4 is 22.9 Å². The Balaban J connectivity index is 2.26. The maximum absolute atomic E-state index is 11.7. The first-order valence-corrected chi connectivity index (χ1v) is 6.03. The Hall–Kier alpha value is -0.510. The summed E-state index contributed by atoms with van der Waals surface area (Å²) < 4.78 is -0.0613. The van der Waals surface area contributed by atoms with Gasteiger partial charge in [-0.05, 0) is 19.3 Å². The summed E-state index contributed by atoms with van der Waals surface area (Å²) in [5.41, 5.74) is 0. The van der Waals surface area contributed by atoms with Crippen molar-refractivity contribution in [3.8, 4) is 0 Å². The molecular weight excluding hydrogens is 198 g/mol. The van der Waals surface area contributed by atoms with Crippen molar-refractivity contribution in [1.82, 2.24) is 5.32 Å². The number of rotatable bonds is 1. The number of carbonyl (C=O) groups excluding carboxylic acids is 2. The lowest BCUT2D eigenvalue weighted by Crippen LogP contribution is -2.50. The highest BCUT2D eigenvalue weighted by Gasteiger charge is 2.49. The highest BCUT2D eigenvalue weighted by atomic mass is 32.2. The maximum Gasteiger partial charge on any atom is 0.286 e. The molecule has 2 fully saturated rings. The zero-order valence-electron chi connectivity index (χ0n) is 8.34. The van der Waals surface area contributed by atoms with Gasteiger partial charge in [0.1, 0.15) is 0 Å². The molecule has 0 radical (unpaired) electrons. The van der Waals surface area contributed by atoms with Gasteiger partial charge in [0.15, 0.2) is 0 Å². The van der Waals surface area contributed by atoms with Crippen LogP contribution in [0.25, 0.3) is 0 Å². The maximum atomic E-state index is 11.7. The molecule has 0 aromatic carbocycles. The molecule has 1 N–H and O–H groups in total. The van der Waals surface area contributed by atoms with Crippen LogP contribution in [0.5, 0.6) is 0 Å². The minimum absolute atomic E-state index is 0.0349. The van der Waals surface area contributed by atoms with Crippen LogP contribution in [0.1, 0.15) is 39.0 Å². The summed E-state index contributed by atoms with van der Waals surface area (Å²) in [5.74, 6) is -0.0224. The van der Waals surface area contributed by atoms with Gasteiger partial charge in [0.05, 0.1) is 5.92 Å². The fraction of sp³-hybridized carbons (Fsp3) is 0.800. The molecule has 1 saturated carbocycles. The van der Waals surface area contributed by atoms with Crippen molar-refractivity contribution < 1.29 is 9.59 Å². The quantitative estimate of drug-likeness (QED) is 0.727. The number of nitrogens with one attached hydrogen (secondary N) is 1. The molecule has 2 rings (SSSR count). The Kier molecular flexibility index (Phi) is 2.56. The van der Waals surface area contributed by atoms with Gasteiger partial charge in [-0.1, -0.05) is 31.5 Å². The number of carbonyl (C=O) groups is 2. The molecule has 1 aliphatic carbocycles. The molecule has 0 bridgehead atoms. The van der Waals surface area contributed by atoms with Crippen molar-refractivity contribution in [2.24, 2.45) is 5.92 Å². The molecule has 1 heterocycles. The first-order valence-electron chi connectivity index (χ1n) is 5.22. The number of hydrogen-bond acceptors (Lipinski definition) is 3. The second-order valence-electron chi connectivity index (χ2n) is 4.11. The molecule has 1 saturated heterocycles. The largest absolute Gasteiger partial charge is 0.287 e. The smallest absolute Gasteiger partial charge is 0.286 e. The summed E-state index contributed by atoms with van der Waals surface area (Å²) >= 11 is 1.36. The van der Waals surface area contributed by atoms with Gasteiger partial charge < -0.3 is 0 Å². The third-order valence-corrected chi connectivity index (χ3v) is 4.72. The summed E-state index contributed by atoms with van der Waals surface area (Å²) in [7, 11) is 0. The predicted molar refractivity (Wildman–Crippen MR) is 56.1 cm³/mol. The van der Waals surface area contributed by atoms with Gasteiger partial charge in [-0.25, -0.2) is 0 Å². The SMILES string of the molecule is CCC1C(=O)NC(=O)SC12CCCC2. The number of imide groups is 1. The average molecular weight is 213 g/mol. The van der Waals surface area contributed by atoms with Crippen LogP contribution in [0.2, 0.25) is 0 Å². The Labute approximate surface area is 88.0 Å². The van der Waals surface area contributed by atoms with Crippen LogP contribution >= 0.6 is 11.8 Å². The zero-order chi connectivity index (χ0) is 10.2. The van der Waals surface area contributed by atoms with Crippen LogP contribution in [0, 0.1) is 5.92 Å². The van der Waals surface area contributed by atoms with E-state index in [1.807, 2.05) is 6.92 Å². The summed E-state index contributed by atoms with van der Waals surface area (Å²) in [6, 6.07) is 0. The predicted octanol–water partition coefficient (Wildman–Crippen LogP) is 2.31. The normalized spacial score (nSPS) is 30.8. The number of amides is 2. The summed E-state index contributed by atoms with van der Waals surface area (Å²) in [5, 5.41) is 2.27. The molecule has 1 unspecified atom stereocenters. The Morgan fingerprint density at radius 1 is 1.43 bits per heavy atom. The van der Waals surface area contributed by atoms with Crippen LogP contribution in [-0.2, 0) is 4.79 Å². The van der Waals surface area contributed by atoms with Crippen molar-refractivity contribution in [1.29, 1.82) is 0 Å². The van der Waals surface area contributed by atoms with E-state index >= 15 is 0 Å². The summed E-state index contributed by atoms with van der Waals surface area (Å²) in [6.07, 6.45) is 5.20. The van der Waals surface area contributed by atoms with Gasteiger partial charge in [-0.15, -0.1) is 0 Å². The third kappa shape index (κ3) is 1.45. The van der Waals surface area contributed by atoms with E-state index in [-0.39, 0.29) is 21.8 Å². The van der Waals surface area contributed by atoms with Crippen LogP contribution in [0.4, 0.5) is 4.79 Å². The van der Waals surface area contributed by atoms with Crippen LogP contribution in [0.15, 0.2) is 0 Å². The number of hydrogen-bond donors (Lipinski definition) is 1. The molecule has 1 spiro atoms. The van der Waals surface area contributed by atoms with Crippen molar-refractivity contribution in [3.63, 3.8) is 0 Å². The molecule has 1 aliphatic heterocycles. The average Bonchev–Trinajstić information content (AvgIpc) is 2.53. The Morgan fingerprint density at radius 2 is 2.07 bits per heavy atom. The molecule has 4 heteroatoms. The van der Waals surface area contributed by atoms with E-state index < -0.39 is 0 Å². The second kappa shape index (κ2) is 3.57. The first kappa shape index (κ1) is 10.0. The van der Waals surface area contributed by atoms with Gasteiger partial charge in [-0.2, -0.15) is 0 Å². The van der Waals surface area contributed by atoms with Crippen molar-refractivity contribution in [3.05, 3.63) is 0 Å². The monoisotopic (exact) mass is 213 g/mol. The van der Waals surface area contributed by atoms with Gasteiger partial charge in [0.2, 0.25) is 5.91 Å². The van der Waals surface area contributed by atoms with Crippen molar-refractivity contribution in [2.45, 2.75) is 43.8 Å². The van der Waals surface area contributed by atoms with Crippen LogP contribution in [-0.4, -0.2) is 15.9 Å². The van der Waals surface area contributed by atoms with E-state index in [0.29, 0.717) is 0 Å². The minimum Gasteiger partial charge on any atom is -0.287 e. The van der Waals surface area contributed by atoms with E-state index in [1.165, 1.54) is 11.8 Å². The lowest BCUT2D eigenvalue weighted by molar-refractivity contribution is -0.125. The summed E-state index contributed by atoms with van der Waals surface area (Å²) in [6.45, 7) is 2.03. The van der Waals surface area contributed by atoms with Gasteiger partial charge in [-0.3, -0.25) is 14.9 Å². The highest BCUT2D eigenvalue weighted by Crippen LogP contribution is 2.50. The molecule has 3 nitrogen and oxygen atoms in total. The van der Waals surface area contributed by atoms with Gasteiger partial charge >= 0.3 is 0 Å². The van der Waals surface area contributed by atoms with E-state index in [1.54, 1.807) is 0 Å². The Bertz CT molecular complexity index is 271. The minimum atomic E-state index is -0.151. The lowest BCUT2D eigenvalue weighted by atomic mass is 9.86. The standard InChI is InChI=1S/C10H15NO2S/c1-2-7-8(12)11-9(13)14-10(7)5-3-4-6-10/h7H,2-6H2,1H3,(H,11,12,13). The Morgan fingerprint density at radius 3 is 2.64 bits per heavy atom. The molecular formula is C10H15NO2S. The third-order valence-electron chi connectivity index (χ3n) is 3.33. The molecule has 2 aliphatic rings. The molecule has 1 atom stereocenters. The first-order chi connectivity index (χ1) is 6.68. The van der Waals surface area contributed by atoms with Crippen LogP contribution < -0.4 is 5.32 Å². The fourth-order valence-corrected chi connectivity index (χ4v) is 4.12. The van der Waals surface area contributed by atoms with E-state index in [0.717, 1.165) is 32.1 Å². The zero-order valence-corrected chi connectivity index (χ0v) is 9.15. The topological polar surface area (TPSA) is 46.2 Å². The van der Waals surface area contributed by atoms with Gasteiger partial charge in [0, 0.05) is 4.75 Å². The van der Waals surface area contributed by atoms with Crippen molar-refractivity contribution in [2.75, 3.05) is 0 Å². The highest BCUT2D eigenvalue weighted by molar-refractivity contribution is 8.14. The molecule has 0 aromatic rings. The fourth-order valence-electron chi connectivity index (χ4n) is 2.69. The molecule has 2 amide bonds. The van der Waals surface area contributed by atoms with E-state index in [4.69, 9.17) is 0 Å². The molecule has 14 heavy (non-hydrogen) atoms. The van der Waals surface area contributed by atoms with E-state index in [2.05, 4.69) is 5.32 Å². The van der Waals surface area contributed by atoms with E-state index in [9.17, 15) is 9.59 Å². The second-order valence-corrected chi connectivity index (χ2v) is 5.50. The molecule has 0 aromatic heterocycles. The van der Waals surface area contributed by atoms with Gasteiger partial charge in [0.25, 0.3) is 5.24 Å². The lowest BCUT2D eigenvalue weighted by Gasteiger charge is -2.38. The number of thioether (sulfide) groups is 1.